The highest BCUT2D eigenvalue weighted by molar-refractivity contribution is 5.57. The summed E-state index contributed by atoms with van der Waals surface area (Å²) in [5, 5.41) is 27.9. The lowest BCUT2D eigenvalue weighted by Crippen LogP contribution is -2.22. The van der Waals surface area contributed by atoms with Gasteiger partial charge < -0.3 is 9.52 Å². The van der Waals surface area contributed by atoms with E-state index < -0.39 is 11.4 Å². The third-order valence-electron chi connectivity index (χ3n) is 4.04. The zero-order valence-corrected chi connectivity index (χ0v) is 14.3. The van der Waals surface area contributed by atoms with E-state index in [2.05, 4.69) is 10.2 Å². The van der Waals surface area contributed by atoms with Crippen LogP contribution in [-0.2, 0) is 6.54 Å². The van der Waals surface area contributed by atoms with Crippen LogP contribution in [0.4, 0.5) is 11.4 Å². The molecule has 0 atom stereocenters. The number of rotatable bonds is 4. The van der Waals surface area contributed by atoms with Gasteiger partial charge >= 0.3 is 0 Å². The molecule has 0 amide bonds. The summed E-state index contributed by atoms with van der Waals surface area (Å²) in [5.74, 6) is 0.0539. The summed E-state index contributed by atoms with van der Waals surface area (Å²) in [7, 11) is 0. The average Bonchev–Trinajstić information content (AvgIpc) is 3.14. The molecule has 1 N–H and O–H groups in total. The molecule has 0 bridgehead atoms. The van der Waals surface area contributed by atoms with E-state index in [4.69, 9.17) is 4.42 Å². The molecule has 1 aromatic carbocycles. The quantitative estimate of drug-likeness (QED) is 0.717. The Hall–Kier alpha value is -3.66. The largest absolute Gasteiger partial charge is 0.493 e. The molecule has 7 nitrogen and oxygen atoms in total. The highest BCUT2D eigenvalue weighted by Crippen LogP contribution is 2.28. The van der Waals surface area contributed by atoms with E-state index in [1.54, 1.807) is 25.1 Å². The fourth-order valence-corrected chi connectivity index (χ4v) is 2.54. The molecule has 0 aliphatic carbocycles. The highest BCUT2D eigenvalue weighted by Gasteiger charge is 2.20. The van der Waals surface area contributed by atoms with Crippen molar-refractivity contribution in [2.24, 2.45) is 10.2 Å². The van der Waals surface area contributed by atoms with Gasteiger partial charge in [-0.3, -0.25) is 9.36 Å². The molecule has 0 radical (unpaired) electrons. The summed E-state index contributed by atoms with van der Waals surface area (Å²) in [6.45, 7) is 3.43. The Labute approximate surface area is 149 Å². The topological polar surface area (TPSA) is 104 Å². The normalized spacial score (nSPS) is 11.0. The van der Waals surface area contributed by atoms with Crippen molar-refractivity contribution in [2.45, 2.75) is 20.4 Å². The van der Waals surface area contributed by atoms with Gasteiger partial charge in [-0.1, -0.05) is 18.2 Å². The van der Waals surface area contributed by atoms with Crippen LogP contribution in [-0.4, -0.2) is 9.67 Å². The first kappa shape index (κ1) is 17.2. The molecule has 0 saturated heterocycles. The van der Waals surface area contributed by atoms with Gasteiger partial charge in [0.25, 0.3) is 5.56 Å². The fraction of sp³-hybridized carbons (Fsp3) is 0.158. The maximum absolute atomic E-state index is 12.8. The van der Waals surface area contributed by atoms with Crippen LogP contribution in [0.5, 0.6) is 5.88 Å². The molecule has 3 rings (SSSR count). The molecular weight excluding hydrogens is 332 g/mol. The van der Waals surface area contributed by atoms with Gasteiger partial charge in [-0.2, -0.15) is 10.4 Å². The van der Waals surface area contributed by atoms with Gasteiger partial charge in [-0.05, 0) is 37.6 Å². The third kappa shape index (κ3) is 3.13. The molecular formula is C19H16N4O3. The standard InChI is InChI=1S/C19H16N4O3/c1-12-6-3-4-8-16(12)21-22-17-13(2)15(10-20)18(24)23(19(17)25)11-14-7-5-9-26-14/h3-9,24H,11H2,1-2H3. The molecule has 0 unspecified atom stereocenters. The zero-order valence-electron chi connectivity index (χ0n) is 14.3. The Kier molecular flexibility index (Phi) is 4.67. The van der Waals surface area contributed by atoms with Crippen molar-refractivity contribution < 1.29 is 9.52 Å². The summed E-state index contributed by atoms with van der Waals surface area (Å²) in [4.78, 5) is 12.8. The predicted octanol–water partition coefficient (Wildman–Crippen LogP) is 4.10. The fourth-order valence-electron chi connectivity index (χ4n) is 2.54. The first-order chi connectivity index (χ1) is 12.5. The molecule has 0 fully saturated rings. The lowest BCUT2D eigenvalue weighted by molar-refractivity contribution is 0.397. The van der Waals surface area contributed by atoms with Crippen molar-refractivity contribution in [3.05, 3.63) is 75.5 Å². The van der Waals surface area contributed by atoms with Crippen LogP contribution in [0.2, 0.25) is 0 Å². The number of aryl methyl sites for hydroxylation is 1. The number of aromatic nitrogens is 1. The number of azo groups is 1. The lowest BCUT2D eigenvalue weighted by atomic mass is 10.1. The van der Waals surface area contributed by atoms with Crippen molar-refractivity contribution >= 4 is 11.4 Å². The van der Waals surface area contributed by atoms with Gasteiger partial charge in [0.05, 0.1) is 18.5 Å². The van der Waals surface area contributed by atoms with Crippen LogP contribution >= 0.6 is 0 Å². The minimum Gasteiger partial charge on any atom is -0.493 e. The van der Waals surface area contributed by atoms with Gasteiger partial charge in [0.1, 0.15) is 17.4 Å². The maximum Gasteiger partial charge on any atom is 0.281 e. The van der Waals surface area contributed by atoms with E-state index >= 15 is 0 Å². The van der Waals surface area contributed by atoms with E-state index in [1.165, 1.54) is 6.26 Å². The number of benzene rings is 1. The molecule has 0 saturated carbocycles. The van der Waals surface area contributed by atoms with E-state index in [0.29, 0.717) is 11.4 Å². The summed E-state index contributed by atoms with van der Waals surface area (Å²) < 4.78 is 6.28. The van der Waals surface area contributed by atoms with E-state index in [-0.39, 0.29) is 23.4 Å². The predicted molar refractivity (Wildman–Crippen MR) is 95.0 cm³/mol. The minimum atomic E-state index is -0.548. The monoisotopic (exact) mass is 348 g/mol. The van der Waals surface area contributed by atoms with Crippen LogP contribution in [0.25, 0.3) is 0 Å². The van der Waals surface area contributed by atoms with Crippen LogP contribution in [0.1, 0.15) is 22.5 Å². The van der Waals surface area contributed by atoms with Gasteiger partial charge in [-0.25, -0.2) is 0 Å². The second kappa shape index (κ2) is 7.07. The van der Waals surface area contributed by atoms with Crippen LogP contribution in [0.15, 0.2) is 62.1 Å². The molecule has 7 heteroatoms. The number of nitriles is 1. The van der Waals surface area contributed by atoms with E-state index in [0.717, 1.165) is 10.1 Å². The van der Waals surface area contributed by atoms with Crippen molar-refractivity contribution in [1.29, 1.82) is 5.26 Å². The first-order valence-corrected chi connectivity index (χ1v) is 7.89. The van der Waals surface area contributed by atoms with E-state index in [9.17, 15) is 15.2 Å². The maximum atomic E-state index is 12.8. The highest BCUT2D eigenvalue weighted by atomic mass is 16.3. The van der Waals surface area contributed by atoms with Gasteiger partial charge in [0.2, 0.25) is 5.88 Å². The number of aromatic hydroxyl groups is 1. The van der Waals surface area contributed by atoms with Gasteiger partial charge in [-0.15, -0.1) is 5.11 Å². The number of furan rings is 1. The molecule has 130 valence electrons. The number of nitrogens with zero attached hydrogens (tertiary/aromatic N) is 4. The Morgan fingerprint density at radius 1 is 1.19 bits per heavy atom. The van der Waals surface area contributed by atoms with Crippen LogP contribution in [0.3, 0.4) is 0 Å². The van der Waals surface area contributed by atoms with E-state index in [1.807, 2.05) is 31.2 Å². The first-order valence-electron chi connectivity index (χ1n) is 7.89. The van der Waals surface area contributed by atoms with Crippen LogP contribution in [0, 0.1) is 25.2 Å². The molecule has 3 aromatic rings. The molecule has 0 aliphatic heterocycles. The second-order valence-corrected chi connectivity index (χ2v) is 5.74. The number of hydrogen-bond acceptors (Lipinski definition) is 6. The van der Waals surface area contributed by atoms with Crippen molar-refractivity contribution in [2.75, 3.05) is 0 Å². The Morgan fingerprint density at radius 2 is 1.96 bits per heavy atom. The van der Waals surface area contributed by atoms with Crippen LogP contribution < -0.4 is 5.56 Å². The Balaban J connectivity index is 2.14. The third-order valence-corrected chi connectivity index (χ3v) is 4.04. The van der Waals surface area contributed by atoms with Gasteiger partial charge in [0, 0.05) is 5.56 Å². The van der Waals surface area contributed by atoms with Crippen molar-refractivity contribution in [3.8, 4) is 11.9 Å². The SMILES string of the molecule is Cc1ccccc1N=Nc1c(C)c(C#N)c(O)n(Cc2ccco2)c1=O. The second-order valence-electron chi connectivity index (χ2n) is 5.74. The minimum absolute atomic E-state index is 0.00848. The molecule has 26 heavy (non-hydrogen) atoms. The Bertz CT molecular complexity index is 1070. The average molecular weight is 348 g/mol. The Morgan fingerprint density at radius 3 is 2.62 bits per heavy atom. The molecule has 2 aromatic heterocycles. The lowest BCUT2D eigenvalue weighted by Gasteiger charge is -2.11. The molecule has 0 aliphatic rings. The summed E-state index contributed by atoms with van der Waals surface area (Å²) in [6, 6.07) is 12.6. The molecule has 2 heterocycles. The smallest absolute Gasteiger partial charge is 0.281 e. The molecule has 0 spiro atoms. The number of hydrogen-bond donors (Lipinski definition) is 1. The summed E-state index contributed by atoms with van der Waals surface area (Å²) in [5.41, 5.74) is 1.25. The van der Waals surface area contributed by atoms with Gasteiger partial charge in [0.15, 0.2) is 5.69 Å². The summed E-state index contributed by atoms with van der Waals surface area (Å²) in [6.07, 6.45) is 1.47. The van der Waals surface area contributed by atoms with Crippen molar-refractivity contribution in [3.63, 3.8) is 0 Å². The van der Waals surface area contributed by atoms with Crippen molar-refractivity contribution in [1.82, 2.24) is 4.57 Å². The zero-order chi connectivity index (χ0) is 18.7. The number of pyridine rings is 1. The summed E-state index contributed by atoms with van der Waals surface area (Å²) >= 11 is 0.